The normalized spacial score (nSPS) is 15.2. The van der Waals surface area contributed by atoms with Crippen molar-refractivity contribution in [1.82, 2.24) is 19.7 Å². The second-order valence-corrected chi connectivity index (χ2v) is 6.63. The summed E-state index contributed by atoms with van der Waals surface area (Å²) in [5.74, 6) is 0.220. The number of carbonyl (C=O) groups is 1. The Labute approximate surface area is 153 Å². The lowest BCUT2D eigenvalue weighted by atomic mass is 9.85. The number of benzene rings is 1. The molecule has 7 nitrogen and oxygen atoms in total. The van der Waals surface area contributed by atoms with Crippen LogP contribution in [0.3, 0.4) is 0 Å². The maximum Gasteiger partial charge on any atom is 0.258 e. The van der Waals surface area contributed by atoms with E-state index < -0.39 is 5.92 Å². The highest BCUT2D eigenvalue weighted by atomic mass is 35.5. The lowest BCUT2D eigenvalue weighted by molar-refractivity contribution is 0.0917. The number of fused-ring (bicyclic) bond motifs is 2. The van der Waals surface area contributed by atoms with Crippen molar-refractivity contribution in [3.8, 4) is 11.8 Å². The fourth-order valence-electron chi connectivity index (χ4n) is 3.33. The molecule has 0 fully saturated rings. The van der Waals surface area contributed by atoms with Gasteiger partial charge in [-0.25, -0.2) is 4.68 Å². The van der Waals surface area contributed by atoms with E-state index in [-0.39, 0.29) is 23.2 Å². The van der Waals surface area contributed by atoms with Crippen LogP contribution < -0.4 is 10.3 Å². The molecular formula is C18H15ClN4O3. The average molecular weight is 371 g/mol. The number of rotatable bonds is 1. The van der Waals surface area contributed by atoms with E-state index in [0.717, 1.165) is 5.56 Å². The Morgan fingerprint density at radius 3 is 2.54 bits per heavy atom. The zero-order chi connectivity index (χ0) is 18.6. The quantitative estimate of drug-likeness (QED) is 0.555. The molecule has 2 aromatic heterocycles. The number of ether oxygens (including phenoxy) is 1. The topological polar surface area (TPSA) is 89.9 Å². The molecule has 0 saturated heterocycles. The predicted octanol–water partition coefficient (Wildman–Crippen LogP) is 3.18. The maximum absolute atomic E-state index is 12.7. The number of hydrogen-bond acceptors (Lipinski definition) is 5. The van der Waals surface area contributed by atoms with Crippen LogP contribution in [0.1, 0.15) is 45.8 Å². The van der Waals surface area contributed by atoms with E-state index in [9.17, 15) is 9.59 Å². The fraction of sp³-hybridized carbons (Fsp3) is 0.222. The van der Waals surface area contributed by atoms with Crippen molar-refractivity contribution >= 4 is 17.5 Å². The minimum Gasteiger partial charge on any atom is -0.418 e. The number of carbonyl (C=O) groups excluding carboxylic acids is 1. The summed E-state index contributed by atoms with van der Waals surface area (Å²) in [6, 6.07) is 7.20. The number of nitrogens with one attached hydrogen (secondary N) is 1. The van der Waals surface area contributed by atoms with Gasteiger partial charge in [0, 0.05) is 17.5 Å². The van der Waals surface area contributed by atoms with Crippen molar-refractivity contribution in [3.63, 3.8) is 0 Å². The summed E-state index contributed by atoms with van der Waals surface area (Å²) in [5, 5.41) is 4.86. The molecule has 0 saturated carbocycles. The van der Waals surface area contributed by atoms with Gasteiger partial charge < -0.3 is 9.72 Å². The first kappa shape index (κ1) is 16.5. The summed E-state index contributed by atoms with van der Waals surface area (Å²) in [6.07, 6.45) is 0. The number of aromatic nitrogens is 4. The van der Waals surface area contributed by atoms with Gasteiger partial charge in [-0.05, 0) is 31.5 Å². The molecule has 1 aliphatic rings. The van der Waals surface area contributed by atoms with Crippen molar-refractivity contribution in [3.05, 3.63) is 67.9 Å². The standard InChI is InChI=1S/C18H15ClN4O3/c1-8-13-14(11-4-6-12(19)7-5-11)15-16(25)20-9(2)21-17(15)26-18(13)22-23(8)10(3)24/h4-7,14H,1-3H3,(H,20,21,25). The van der Waals surface area contributed by atoms with Crippen LogP contribution in [0.15, 0.2) is 29.1 Å². The van der Waals surface area contributed by atoms with E-state index in [4.69, 9.17) is 16.3 Å². The van der Waals surface area contributed by atoms with Crippen LogP contribution >= 0.6 is 11.6 Å². The molecule has 0 radical (unpaired) electrons. The molecule has 1 aromatic carbocycles. The van der Waals surface area contributed by atoms with E-state index in [0.29, 0.717) is 27.7 Å². The van der Waals surface area contributed by atoms with Crippen LogP contribution in [0.4, 0.5) is 0 Å². The number of nitrogens with zero attached hydrogens (tertiary/aromatic N) is 3. The molecule has 3 heterocycles. The first-order valence-electron chi connectivity index (χ1n) is 8.01. The Balaban J connectivity index is 2.04. The Kier molecular flexibility index (Phi) is 3.69. The lowest BCUT2D eigenvalue weighted by Gasteiger charge is -2.24. The third kappa shape index (κ3) is 2.43. The Hall–Kier alpha value is -2.93. The Bertz CT molecular complexity index is 1100. The van der Waals surface area contributed by atoms with Gasteiger partial charge in [-0.3, -0.25) is 9.59 Å². The van der Waals surface area contributed by atoms with E-state index in [1.165, 1.54) is 11.6 Å². The molecule has 132 valence electrons. The van der Waals surface area contributed by atoms with Crippen LogP contribution in [0.5, 0.6) is 11.8 Å². The number of H-pyrrole nitrogens is 1. The van der Waals surface area contributed by atoms with E-state index in [1.807, 2.05) is 12.1 Å². The van der Waals surface area contributed by atoms with Gasteiger partial charge in [0.2, 0.25) is 17.7 Å². The first-order valence-corrected chi connectivity index (χ1v) is 8.39. The van der Waals surface area contributed by atoms with Gasteiger partial charge in [-0.15, -0.1) is 5.10 Å². The number of halogens is 1. The molecule has 1 N–H and O–H groups in total. The van der Waals surface area contributed by atoms with E-state index >= 15 is 0 Å². The summed E-state index contributed by atoms with van der Waals surface area (Å²) >= 11 is 6.01. The second kappa shape index (κ2) is 5.81. The van der Waals surface area contributed by atoms with E-state index in [2.05, 4.69) is 15.1 Å². The third-order valence-corrected chi connectivity index (χ3v) is 4.69. The number of aromatic amines is 1. The smallest absolute Gasteiger partial charge is 0.258 e. The minimum atomic E-state index is -0.462. The predicted molar refractivity (Wildman–Crippen MR) is 95.3 cm³/mol. The summed E-state index contributed by atoms with van der Waals surface area (Å²) < 4.78 is 7.06. The van der Waals surface area contributed by atoms with Gasteiger partial charge >= 0.3 is 0 Å². The first-order chi connectivity index (χ1) is 12.4. The van der Waals surface area contributed by atoms with Crippen molar-refractivity contribution < 1.29 is 9.53 Å². The fourth-order valence-corrected chi connectivity index (χ4v) is 3.45. The van der Waals surface area contributed by atoms with Crippen LogP contribution in [-0.4, -0.2) is 25.7 Å². The minimum absolute atomic E-state index is 0.201. The molecule has 26 heavy (non-hydrogen) atoms. The van der Waals surface area contributed by atoms with Gasteiger partial charge in [0.25, 0.3) is 5.56 Å². The van der Waals surface area contributed by atoms with Crippen molar-refractivity contribution in [2.45, 2.75) is 26.7 Å². The van der Waals surface area contributed by atoms with E-state index in [1.54, 1.807) is 26.0 Å². The highest BCUT2D eigenvalue weighted by Crippen LogP contribution is 2.46. The van der Waals surface area contributed by atoms with Gasteiger partial charge in [0.05, 0.1) is 17.2 Å². The summed E-state index contributed by atoms with van der Waals surface area (Å²) in [6.45, 7) is 4.88. The zero-order valence-electron chi connectivity index (χ0n) is 14.3. The van der Waals surface area contributed by atoms with Gasteiger partial charge in [-0.2, -0.15) is 4.98 Å². The monoisotopic (exact) mass is 370 g/mol. The second-order valence-electron chi connectivity index (χ2n) is 6.19. The SMILES string of the molecule is CC(=O)n1nc2c(c1C)C(c1ccc(Cl)cc1)c1c(nc(C)[nH]c1=O)O2. The lowest BCUT2D eigenvalue weighted by Crippen LogP contribution is -2.24. The van der Waals surface area contributed by atoms with Crippen LogP contribution in [0.25, 0.3) is 0 Å². The van der Waals surface area contributed by atoms with Gasteiger partial charge in [-0.1, -0.05) is 23.7 Å². The third-order valence-electron chi connectivity index (χ3n) is 4.44. The molecule has 3 aromatic rings. The molecule has 0 amide bonds. The van der Waals surface area contributed by atoms with Crippen LogP contribution in [-0.2, 0) is 0 Å². The number of aryl methyl sites for hydroxylation is 1. The molecule has 1 unspecified atom stereocenters. The average Bonchev–Trinajstić information content (AvgIpc) is 2.90. The molecule has 0 aliphatic carbocycles. The molecule has 1 aliphatic heterocycles. The zero-order valence-corrected chi connectivity index (χ0v) is 15.1. The Morgan fingerprint density at radius 2 is 1.88 bits per heavy atom. The summed E-state index contributed by atoms with van der Waals surface area (Å²) in [5.41, 5.74) is 2.23. The maximum atomic E-state index is 12.7. The molecule has 0 spiro atoms. The molecule has 1 atom stereocenters. The van der Waals surface area contributed by atoms with Crippen molar-refractivity contribution in [2.24, 2.45) is 0 Å². The van der Waals surface area contributed by atoms with Crippen molar-refractivity contribution in [1.29, 1.82) is 0 Å². The highest BCUT2D eigenvalue weighted by Gasteiger charge is 2.37. The largest absolute Gasteiger partial charge is 0.418 e. The summed E-state index contributed by atoms with van der Waals surface area (Å²) in [7, 11) is 0. The number of hydrogen-bond donors (Lipinski definition) is 1. The van der Waals surface area contributed by atoms with Crippen LogP contribution in [0.2, 0.25) is 5.02 Å². The molecule has 0 bridgehead atoms. The van der Waals surface area contributed by atoms with Gasteiger partial charge in [0.1, 0.15) is 5.82 Å². The molecule has 4 rings (SSSR count). The van der Waals surface area contributed by atoms with Gasteiger partial charge in [0.15, 0.2) is 0 Å². The summed E-state index contributed by atoms with van der Waals surface area (Å²) in [4.78, 5) is 31.6. The van der Waals surface area contributed by atoms with Crippen LogP contribution in [0, 0.1) is 13.8 Å². The Morgan fingerprint density at radius 1 is 1.19 bits per heavy atom. The molecular weight excluding hydrogens is 356 g/mol. The van der Waals surface area contributed by atoms with Crippen molar-refractivity contribution in [2.75, 3.05) is 0 Å². The molecule has 8 heteroatoms. The highest BCUT2D eigenvalue weighted by molar-refractivity contribution is 6.30.